The number of urea groups is 1. The summed E-state index contributed by atoms with van der Waals surface area (Å²) in [5.74, 6) is -0.365. The van der Waals surface area contributed by atoms with Crippen molar-refractivity contribution in [2.24, 2.45) is 0 Å². The van der Waals surface area contributed by atoms with Gasteiger partial charge in [-0.3, -0.25) is 24.4 Å². The maximum absolute atomic E-state index is 12.3. The van der Waals surface area contributed by atoms with Gasteiger partial charge >= 0.3 is 6.03 Å². The van der Waals surface area contributed by atoms with Crippen molar-refractivity contribution in [3.8, 4) is 0 Å². The van der Waals surface area contributed by atoms with Crippen molar-refractivity contribution in [1.29, 1.82) is 0 Å². The molecule has 1 aromatic heterocycles. The zero-order valence-corrected chi connectivity index (χ0v) is 20.8. The van der Waals surface area contributed by atoms with E-state index in [0.717, 1.165) is 26.2 Å². The van der Waals surface area contributed by atoms with Crippen molar-refractivity contribution in [3.63, 3.8) is 0 Å². The van der Waals surface area contributed by atoms with Crippen LogP contribution < -0.4 is 16.2 Å². The van der Waals surface area contributed by atoms with Crippen molar-refractivity contribution in [2.45, 2.75) is 6.67 Å². The number of fused-ring (bicyclic) bond motifs is 1. The first kappa shape index (κ1) is 34.3. The molecule has 0 spiro atoms. The molecule has 0 aliphatic carbocycles. The highest BCUT2D eigenvalue weighted by Crippen LogP contribution is 2.04. The smallest absolute Gasteiger partial charge is 0.320 e. The molecule has 2 heterocycles. The predicted octanol–water partition coefficient (Wildman–Crippen LogP) is 1.54. The predicted molar refractivity (Wildman–Crippen MR) is 133 cm³/mol. The normalized spacial score (nSPS) is 13.2. The van der Waals surface area contributed by atoms with Crippen LogP contribution in [0.4, 0.5) is 4.79 Å². The summed E-state index contributed by atoms with van der Waals surface area (Å²) in [4.78, 5) is 44.5. The fourth-order valence-corrected chi connectivity index (χ4v) is 2.80. The molecule has 9 nitrogen and oxygen atoms in total. The van der Waals surface area contributed by atoms with E-state index in [1.807, 2.05) is 11.9 Å². The number of nitrogens with zero attached hydrogens (tertiary/aromatic N) is 4. The summed E-state index contributed by atoms with van der Waals surface area (Å²) in [6.45, 7) is 3.51. The summed E-state index contributed by atoms with van der Waals surface area (Å²) in [7, 11) is 2.04. The van der Waals surface area contributed by atoms with Gasteiger partial charge in [0.15, 0.2) is 0 Å². The molecule has 0 bridgehead atoms. The van der Waals surface area contributed by atoms with Gasteiger partial charge in [0.05, 0.1) is 23.8 Å². The number of nitrogens with one attached hydrogen (secondary N) is 2. The first-order chi connectivity index (χ1) is 12.5. The number of rotatable bonds is 4. The highest BCUT2D eigenvalue weighted by atomic mass is 35.5. The highest BCUT2D eigenvalue weighted by molar-refractivity contribution is 5.95. The van der Waals surface area contributed by atoms with Gasteiger partial charge in [0.25, 0.3) is 5.56 Å². The van der Waals surface area contributed by atoms with E-state index >= 15 is 0 Å². The third-order valence-electron chi connectivity index (χ3n) is 4.36. The number of hydrogen-bond acceptors (Lipinski definition) is 6. The lowest BCUT2D eigenvalue weighted by atomic mass is 10.2. The molecule has 3 amide bonds. The van der Waals surface area contributed by atoms with Crippen LogP contribution >= 0.6 is 62.0 Å². The number of hydrogen-bond donors (Lipinski definition) is 2. The molecule has 1 aromatic carbocycles. The summed E-state index contributed by atoms with van der Waals surface area (Å²) in [5, 5.41) is 5.27. The van der Waals surface area contributed by atoms with Crippen molar-refractivity contribution >= 4 is 84.9 Å². The Kier molecular flexibility index (Phi) is 18.1. The molecule has 0 saturated carbocycles. The SMILES string of the molecule is CN1CCN(CC(=O)NC(=O)NCn2cnc3ccccc3c2=O)CC1.Cl.Cl.Cl.Cl.Cl. The van der Waals surface area contributed by atoms with Crippen LogP contribution in [0.1, 0.15) is 0 Å². The van der Waals surface area contributed by atoms with Gasteiger partial charge in [0.2, 0.25) is 5.91 Å². The molecule has 1 saturated heterocycles. The zero-order chi connectivity index (χ0) is 18.5. The third-order valence-corrected chi connectivity index (χ3v) is 4.36. The Bertz CT molecular complexity index is 877. The quantitative estimate of drug-likeness (QED) is 0.611. The van der Waals surface area contributed by atoms with Crippen molar-refractivity contribution in [1.82, 2.24) is 30.0 Å². The fraction of sp³-hybridized carbons (Fsp3) is 0.412. The van der Waals surface area contributed by atoms with Gasteiger partial charge in [-0.1, -0.05) is 12.1 Å². The minimum Gasteiger partial charge on any atom is -0.320 e. The first-order valence-corrected chi connectivity index (χ1v) is 8.46. The molecule has 0 radical (unpaired) electrons. The molecule has 1 fully saturated rings. The molecule has 14 heteroatoms. The van der Waals surface area contributed by atoms with Crippen molar-refractivity contribution in [3.05, 3.63) is 40.9 Å². The van der Waals surface area contributed by atoms with E-state index in [0.29, 0.717) is 10.9 Å². The van der Waals surface area contributed by atoms with Crippen LogP contribution in [0, 0.1) is 0 Å². The number of imide groups is 1. The van der Waals surface area contributed by atoms with Gasteiger partial charge in [-0.15, -0.1) is 62.0 Å². The van der Waals surface area contributed by atoms with E-state index in [9.17, 15) is 14.4 Å². The topological polar surface area (TPSA) is 99.6 Å². The first-order valence-electron chi connectivity index (χ1n) is 8.46. The van der Waals surface area contributed by atoms with E-state index in [1.165, 1.54) is 10.9 Å². The largest absolute Gasteiger partial charge is 0.322 e. The van der Waals surface area contributed by atoms with Crippen LogP contribution in [0.2, 0.25) is 0 Å². The van der Waals surface area contributed by atoms with Crippen LogP contribution in [-0.2, 0) is 11.5 Å². The fourth-order valence-electron chi connectivity index (χ4n) is 2.80. The van der Waals surface area contributed by atoms with E-state index in [-0.39, 0.29) is 86.7 Å². The van der Waals surface area contributed by atoms with Crippen LogP contribution in [0.3, 0.4) is 0 Å². The number of carbonyl (C=O) groups is 2. The molecule has 31 heavy (non-hydrogen) atoms. The lowest BCUT2D eigenvalue weighted by molar-refractivity contribution is -0.121. The van der Waals surface area contributed by atoms with Gasteiger partial charge < -0.3 is 10.2 Å². The maximum atomic E-state index is 12.3. The van der Waals surface area contributed by atoms with E-state index in [1.54, 1.807) is 24.3 Å². The minimum absolute atomic E-state index is 0. The number of carbonyl (C=O) groups excluding carboxylic acids is 2. The zero-order valence-electron chi connectivity index (χ0n) is 16.7. The number of benzene rings is 1. The maximum Gasteiger partial charge on any atom is 0.322 e. The molecule has 2 aromatic rings. The Hall–Kier alpha value is -1.33. The summed E-state index contributed by atoms with van der Waals surface area (Å²) >= 11 is 0. The molecular weight excluding hydrogens is 513 g/mol. The molecular formula is C17H27Cl5N6O3. The molecule has 178 valence electrons. The molecule has 0 unspecified atom stereocenters. The Morgan fingerprint density at radius 2 is 1.61 bits per heavy atom. The number of para-hydroxylation sites is 1. The molecule has 2 N–H and O–H groups in total. The van der Waals surface area contributed by atoms with Gasteiger partial charge in [0, 0.05) is 26.2 Å². The third kappa shape index (κ3) is 9.78. The Morgan fingerprint density at radius 3 is 2.26 bits per heavy atom. The lowest BCUT2D eigenvalue weighted by Gasteiger charge is -2.31. The average Bonchev–Trinajstić information content (AvgIpc) is 2.63. The molecule has 1 aliphatic rings. The van der Waals surface area contributed by atoms with Crippen molar-refractivity contribution < 1.29 is 9.59 Å². The van der Waals surface area contributed by atoms with Crippen LogP contribution in [-0.4, -0.2) is 71.1 Å². The number of piperazine rings is 1. The van der Waals surface area contributed by atoms with E-state index < -0.39 is 6.03 Å². The highest BCUT2D eigenvalue weighted by Gasteiger charge is 2.17. The summed E-state index contributed by atoms with van der Waals surface area (Å²) < 4.78 is 1.28. The lowest BCUT2D eigenvalue weighted by Crippen LogP contribution is -2.50. The Balaban J connectivity index is -0.00000157. The average molecular weight is 541 g/mol. The Labute approximate surface area is 211 Å². The van der Waals surface area contributed by atoms with Gasteiger partial charge in [-0.2, -0.15) is 0 Å². The number of likely N-dealkylation sites (N-methyl/N-ethyl adjacent to an activating group) is 1. The van der Waals surface area contributed by atoms with Gasteiger partial charge in [-0.25, -0.2) is 9.78 Å². The minimum atomic E-state index is -0.635. The van der Waals surface area contributed by atoms with E-state index in [2.05, 4.69) is 20.5 Å². The number of amides is 3. The Morgan fingerprint density at radius 1 is 1.00 bits per heavy atom. The monoisotopic (exact) mass is 538 g/mol. The standard InChI is InChI=1S/C17H22N6O3.5ClH/c1-21-6-8-22(9-7-21)10-15(24)20-17(26)19-12-23-11-18-14-5-3-2-4-13(14)16(23)25;;;;;/h2-5,11H,6-10,12H2,1H3,(H2,19,20,24,26);5*1H. The molecule has 1 aliphatic heterocycles. The van der Waals surface area contributed by atoms with Crippen LogP contribution in [0.25, 0.3) is 10.9 Å². The van der Waals surface area contributed by atoms with Gasteiger partial charge in [-0.05, 0) is 19.2 Å². The molecule has 3 rings (SSSR count). The summed E-state index contributed by atoms with van der Waals surface area (Å²) in [6.07, 6.45) is 1.37. The van der Waals surface area contributed by atoms with Crippen molar-refractivity contribution in [2.75, 3.05) is 39.8 Å². The molecule has 0 atom stereocenters. The number of aromatic nitrogens is 2. The van der Waals surface area contributed by atoms with Crippen LogP contribution in [0.15, 0.2) is 35.4 Å². The van der Waals surface area contributed by atoms with Gasteiger partial charge in [0.1, 0.15) is 6.67 Å². The summed E-state index contributed by atoms with van der Waals surface area (Å²) in [6, 6.07) is 6.35. The summed E-state index contributed by atoms with van der Waals surface area (Å²) in [5.41, 5.74) is 0.347. The second-order valence-electron chi connectivity index (χ2n) is 6.33. The number of halogens is 5. The second-order valence-corrected chi connectivity index (χ2v) is 6.33. The second kappa shape index (κ2) is 16.3. The van der Waals surface area contributed by atoms with E-state index in [4.69, 9.17) is 0 Å². The van der Waals surface area contributed by atoms with Crippen LogP contribution in [0.5, 0.6) is 0 Å².